The van der Waals surface area contributed by atoms with Gasteiger partial charge in [0.05, 0.1) is 0 Å². The molecule has 0 saturated carbocycles. The first-order valence-corrected chi connectivity index (χ1v) is 5.81. The Morgan fingerprint density at radius 2 is 1.17 bits per heavy atom. The van der Waals surface area contributed by atoms with Crippen LogP contribution < -0.4 is 0 Å². The molecule has 0 aliphatic carbocycles. The number of hydrogen-bond acceptors (Lipinski definition) is 2. The van der Waals surface area contributed by atoms with Gasteiger partial charge in [0.2, 0.25) is 0 Å². The zero-order chi connectivity index (χ0) is 12.8. The first-order chi connectivity index (χ1) is 8.27. The molecule has 0 bridgehead atoms. The van der Waals surface area contributed by atoms with Crippen molar-refractivity contribution >= 4 is 29.5 Å². The van der Waals surface area contributed by atoms with Crippen LogP contribution in [0.15, 0.2) is 60.7 Å². The SMILES string of the molecule is O=C(Cl)C[S-].[W].[c-]1ccccc1.[c-]1ccccc1. The summed E-state index contributed by atoms with van der Waals surface area (Å²) in [6.45, 7) is 0. The van der Waals surface area contributed by atoms with E-state index in [-0.39, 0.29) is 26.8 Å². The summed E-state index contributed by atoms with van der Waals surface area (Å²) in [6.07, 6.45) is 0. The van der Waals surface area contributed by atoms with Gasteiger partial charge in [-0.05, 0) is 11.6 Å². The number of rotatable bonds is 1. The third-order valence-corrected chi connectivity index (χ3v) is 1.88. The predicted molar refractivity (Wildman–Crippen MR) is 73.6 cm³/mol. The van der Waals surface area contributed by atoms with E-state index in [2.05, 4.69) is 24.8 Å². The normalized spacial score (nSPS) is 7.44. The summed E-state index contributed by atoms with van der Waals surface area (Å²) in [4.78, 5) is 9.47. The van der Waals surface area contributed by atoms with E-state index < -0.39 is 5.24 Å². The van der Waals surface area contributed by atoms with Gasteiger partial charge in [-0.25, -0.2) is 0 Å². The summed E-state index contributed by atoms with van der Waals surface area (Å²) in [5.41, 5.74) is 0. The minimum absolute atomic E-state index is 0. The van der Waals surface area contributed by atoms with Crippen LogP contribution in [0.2, 0.25) is 0 Å². The molecule has 4 heteroatoms. The summed E-state index contributed by atoms with van der Waals surface area (Å²) < 4.78 is 0. The number of carbonyl (C=O) groups is 1. The van der Waals surface area contributed by atoms with Crippen LogP contribution in [0.5, 0.6) is 0 Å². The molecule has 2 aromatic carbocycles. The first-order valence-electron chi connectivity index (χ1n) is 4.86. The third kappa shape index (κ3) is 17.8. The predicted octanol–water partition coefficient (Wildman–Crippen LogP) is 3.27. The molecule has 18 heavy (non-hydrogen) atoms. The Bertz CT molecular complexity index is 285. The number of carbonyl (C=O) groups excluding carboxylic acids is 1. The maximum atomic E-state index is 9.47. The summed E-state index contributed by atoms with van der Waals surface area (Å²) in [5.74, 6) is 0.0154. The quantitative estimate of drug-likeness (QED) is 0.379. The molecule has 0 aliphatic rings. The Balaban J connectivity index is 0. The van der Waals surface area contributed by atoms with E-state index in [0.717, 1.165) is 0 Å². The molecule has 2 aromatic rings. The van der Waals surface area contributed by atoms with Crippen LogP contribution in [0.25, 0.3) is 0 Å². The second kappa shape index (κ2) is 16.4. The van der Waals surface area contributed by atoms with E-state index >= 15 is 0 Å². The summed E-state index contributed by atoms with van der Waals surface area (Å²) in [5, 5.41) is -0.458. The number of hydrogen-bond donors (Lipinski definition) is 0. The van der Waals surface area contributed by atoms with Gasteiger partial charge >= 0.3 is 0 Å². The van der Waals surface area contributed by atoms with Crippen molar-refractivity contribution < 1.29 is 25.9 Å². The van der Waals surface area contributed by atoms with Gasteiger partial charge in [0.15, 0.2) is 5.24 Å². The summed E-state index contributed by atoms with van der Waals surface area (Å²) in [7, 11) is 0. The molecular formula is C14H12ClOSW-3. The molecule has 0 aliphatic heterocycles. The zero-order valence-corrected chi connectivity index (χ0v) is 14.1. The average molecular weight is 448 g/mol. The van der Waals surface area contributed by atoms with Gasteiger partial charge < -0.3 is 12.6 Å². The largest absolute Gasteiger partial charge is 0.784 e. The topological polar surface area (TPSA) is 17.1 Å². The fourth-order valence-corrected chi connectivity index (χ4v) is 0.684. The standard InChI is InChI=1S/2C6H5.C2H3ClOS.W/c2*1-2-4-6-5-3-1;3-2(4)1-5;/h2*1-5H;5H,1H2;/q2*-1;;/p-1. The molecule has 0 saturated heterocycles. The monoisotopic (exact) mass is 447 g/mol. The Morgan fingerprint density at radius 3 is 1.22 bits per heavy atom. The molecule has 0 atom stereocenters. The van der Waals surface area contributed by atoms with E-state index in [0.29, 0.717) is 0 Å². The molecule has 0 radical (unpaired) electrons. The average Bonchev–Trinajstić information content (AvgIpc) is 2.44. The van der Waals surface area contributed by atoms with E-state index in [4.69, 9.17) is 11.6 Å². The van der Waals surface area contributed by atoms with Gasteiger partial charge in [0.1, 0.15) is 0 Å². The van der Waals surface area contributed by atoms with Crippen LogP contribution in [0.4, 0.5) is 0 Å². The van der Waals surface area contributed by atoms with E-state index in [1.54, 1.807) is 0 Å². The van der Waals surface area contributed by atoms with E-state index in [9.17, 15) is 4.79 Å². The van der Waals surface area contributed by atoms with Crippen molar-refractivity contribution in [2.75, 3.05) is 5.75 Å². The van der Waals surface area contributed by atoms with Crippen molar-refractivity contribution in [3.8, 4) is 0 Å². The zero-order valence-electron chi connectivity index (χ0n) is 9.58. The van der Waals surface area contributed by atoms with Crippen molar-refractivity contribution in [3.05, 3.63) is 72.8 Å². The first kappa shape index (κ1) is 19.8. The smallest absolute Gasteiger partial charge is 0.197 e. The second-order valence-electron chi connectivity index (χ2n) is 2.65. The number of benzene rings is 2. The van der Waals surface area contributed by atoms with Crippen molar-refractivity contribution in [3.63, 3.8) is 0 Å². The van der Waals surface area contributed by atoms with Crippen LogP contribution in [-0.2, 0) is 38.5 Å². The Kier molecular flexibility index (Phi) is 18.1. The fraction of sp³-hybridized carbons (Fsp3) is 0.0714. The molecular weight excluding hydrogens is 436 g/mol. The van der Waals surface area contributed by atoms with Gasteiger partial charge in [-0.2, -0.15) is 72.8 Å². The summed E-state index contributed by atoms with van der Waals surface area (Å²) >= 11 is 8.91. The molecule has 0 N–H and O–H groups in total. The van der Waals surface area contributed by atoms with Gasteiger partial charge in [0, 0.05) is 21.1 Å². The molecule has 96 valence electrons. The van der Waals surface area contributed by atoms with Crippen molar-refractivity contribution in [2.24, 2.45) is 0 Å². The van der Waals surface area contributed by atoms with E-state index in [1.807, 2.05) is 60.7 Å². The minimum atomic E-state index is -0.458. The minimum Gasteiger partial charge on any atom is -0.784 e. The third-order valence-electron chi connectivity index (χ3n) is 1.33. The van der Waals surface area contributed by atoms with Crippen LogP contribution in [-0.4, -0.2) is 11.0 Å². The Labute approximate surface area is 133 Å². The molecule has 0 spiro atoms. The van der Waals surface area contributed by atoms with Gasteiger partial charge in [-0.1, -0.05) is 0 Å². The molecule has 0 amide bonds. The molecule has 0 heterocycles. The summed E-state index contributed by atoms with van der Waals surface area (Å²) in [6, 6.07) is 25.0. The van der Waals surface area contributed by atoms with Gasteiger partial charge in [-0.15, -0.1) is 5.75 Å². The molecule has 0 fully saturated rings. The maximum absolute atomic E-state index is 9.47. The van der Waals surface area contributed by atoms with Crippen molar-refractivity contribution in [1.29, 1.82) is 0 Å². The van der Waals surface area contributed by atoms with Crippen LogP contribution in [0.1, 0.15) is 0 Å². The second-order valence-corrected chi connectivity index (χ2v) is 3.36. The fourth-order valence-electron chi connectivity index (χ4n) is 0.684. The van der Waals surface area contributed by atoms with Crippen molar-refractivity contribution in [1.82, 2.24) is 0 Å². The molecule has 0 unspecified atom stereocenters. The molecule has 1 nitrogen and oxygen atoms in total. The van der Waals surface area contributed by atoms with Crippen LogP contribution in [0, 0.1) is 12.1 Å². The maximum Gasteiger partial charge on any atom is 0.197 e. The van der Waals surface area contributed by atoms with Crippen molar-refractivity contribution in [2.45, 2.75) is 0 Å². The molecule has 2 rings (SSSR count). The van der Waals surface area contributed by atoms with Gasteiger partial charge in [-0.3, -0.25) is 4.79 Å². The number of halogens is 1. The van der Waals surface area contributed by atoms with Crippen LogP contribution >= 0.6 is 11.6 Å². The van der Waals surface area contributed by atoms with Gasteiger partial charge in [0.25, 0.3) is 0 Å². The van der Waals surface area contributed by atoms with E-state index in [1.165, 1.54) is 0 Å². The van der Waals surface area contributed by atoms with Crippen LogP contribution in [0.3, 0.4) is 0 Å². The Hall–Kier alpha value is -0.562. The Morgan fingerprint density at radius 1 is 0.889 bits per heavy atom. The molecule has 0 aromatic heterocycles.